The van der Waals surface area contributed by atoms with Crippen LogP contribution >= 0.6 is 0 Å². The quantitative estimate of drug-likeness (QED) is 0.599. The molecule has 1 N–H and O–H groups in total. The second-order valence-corrected chi connectivity index (χ2v) is 9.36. The van der Waals surface area contributed by atoms with E-state index in [2.05, 4.69) is 10.5 Å². The van der Waals surface area contributed by atoms with Gasteiger partial charge in [0.15, 0.2) is 5.82 Å². The van der Waals surface area contributed by atoms with Crippen LogP contribution in [-0.4, -0.2) is 41.4 Å². The van der Waals surface area contributed by atoms with Crippen molar-refractivity contribution < 1.29 is 17.7 Å². The minimum atomic E-state index is -3.62. The summed E-state index contributed by atoms with van der Waals surface area (Å²) in [5.41, 5.74) is 1.97. The van der Waals surface area contributed by atoms with Crippen molar-refractivity contribution in [2.75, 3.05) is 12.4 Å². The summed E-state index contributed by atoms with van der Waals surface area (Å²) in [6.45, 7) is 5.13. The fourth-order valence-electron chi connectivity index (χ4n) is 2.92. The van der Waals surface area contributed by atoms with Crippen LogP contribution < -0.4 is 11.1 Å². The summed E-state index contributed by atoms with van der Waals surface area (Å²) in [4.78, 5) is 24.7. The van der Waals surface area contributed by atoms with Gasteiger partial charge in [-0.25, -0.2) is 17.8 Å². The Bertz CT molecular complexity index is 1240. The summed E-state index contributed by atoms with van der Waals surface area (Å²) in [5.74, 6) is -0.960. The molecule has 0 unspecified atom stereocenters. The van der Waals surface area contributed by atoms with Crippen LogP contribution in [0.5, 0.6) is 0 Å². The van der Waals surface area contributed by atoms with E-state index < -0.39 is 21.7 Å². The Morgan fingerprint density at radius 3 is 2.42 bits per heavy atom. The van der Waals surface area contributed by atoms with Gasteiger partial charge in [-0.1, -0.05) is 29.4 Å². The predicted molar refractivity (Wildman–Crippen MR) is 116 cm³/mol. The average Bonchev–Trinajstić information content (AvgIpc) is 3.08. The SMILES string of the molecule is Cc1ccccc1-c1noc(=O)n1CC(=O)Nc1ccc(S(=O)(=O)N(C)C(C)C)cc1. The number of aromatic nitrogens is 2. The average molecular weight is 445 g/mol. The highest BCUT2D eigenvalue weighted by Crippen LogP contribution is 2.21. The first kappa shape index (κ1) is 22.4. The van der Waals surface area contributed by atoms with E-state index in [0.717, 1.165) is 10.1 Å². The van der Waals surface area contributed by atoms with Crippen LogP contribution in [0.1, 0.15) is 19.4 Å². The van der Waals surface area contributed by atoms with E-state index in [1.54, 1.807) is 26.0 Å². The number of carbonyl (C=O) groups excluding carboxylic acids is 1. The maximum absolute atomic E-state index is 12.5. The van der Waals surface area contributed by atoms with Crippen molar-refractivity contribution in [2.24, 2.45) is 0 Å². The van der Waals surface area contributed by atoms with Gasteiger partial charge in [0.2, 0.25) is 15.9 Å². The standard InChI is InChI=1S/C21H24N4O5S/c1-14(2)24(4)31(28,29)17-11-9-16(10-12-17)22-19(26)13-25-20(23-30-21(25)27)18-8-6-5-7-15(18)3/h5-12,14H,13H2,1-4H3,(H,22,26). The van der Waals surface area contributed by atoms with E-state index in [0.29, 0.717) is 11.3 Å². The zero-order valence-electron chi connectivity index (χ0n) is 17.7. The molecule has 0 saturated carbocycles. The molecule has 0 aliphatic heterocycles. The van der Waals surface area contributed by atoms with E-state index >= 15 is 0 Å². The fraction of sp³-hybridized carbons (Fsp3) is 0.286. The molecule has 0 bridgehead atoms. The normalized spacial score (nSPS) is 11.8. The van der Waals surface area contributed by atoms with Crippen molar-refractivity contribution in [2.45, 2.75) is 38.3 Å². The number of nitrogens with zero attached hydrogens (tertiary/aromatic N) is 3. The minimum absolute atomic E-state index is 0.124. The van der Waals surface area contributed by atoms with E-state index in [-0.39, 0.29) is 23.3 Å². The highest BCUT2D eigenvalue weighted by atomic mass is 32.2. The van der Waals surface area contributed by atoms with Crippen LogP contribution in [0.2, 0.25) is 0 Å². The van der Waals surface area contributed by atoms with Crippen molar-refractivity contribution in [1.82, 2.24) is 14.0 Å². The molecule has 164 valence electrons. The number of hydrogen-bond donors (Lipinski definition) is 1. The molecule has 1 aromatic heterocycles. The van der Waals surface area contributed by atoms with Gasteiger partial charge < -0.3 is 5.32 Å². The number of aryl methyl sites for hydroxylation is 1. The third kappa shape index (κ3) is 4.75. The lowest BCUT2D eigenvalue weighted by Crippen LogP contribution is -2.33. The first-order valence-corrected chi connectivity index (χ1v) is 11.1. The van der Waals surface area contributed by atoms with Crippen molar-refractivity contribution in [3.05, 3.63) is 64.6 Å². The topological polar surface area (TPSA) is 115 Å². The van der Waals surface area contributed by atoms with Crippen LogP contribution in [0, 0.1) is 6.92 Å². The molecule has 1 amide bonds. The molecule has 0 radical (unpaired) electrons. The van der Waals surface area contributed by atoms with Crippen molar-refractivity contribution in [3.8, 4) is 11.4 Å². The number of sulfonamides is 1. The van der Waals surface area contributed by atoms with Crippen LogP contribution in [0.25, 0.3) is 11.4 Å². The number of nitrogens with one attached hydrogen (secondary N) is 1. The van der Waals surface area contributed by atoms with Crippen molar-refractivity contribution in [1.29, 1.82) is 0 Å². The van der Waals surface area contributed by atoms with E-state index in [1.807, 2.05) is 19.1 Å². The summed E-state index contributed by atoms with van der Waals surface area (Å²) in [6, 6.07) is 13.0. The minimum Gasteiger partial charge on any atom is -0.325 e. The molecular formula is C21H24N4O5S. The van der Waals surface area contributed by atoms with E-state index in [4.69, 9.17) is 4.52 Å². The Morgan fingerprint density at radius 1 is 1.16 bits per heavy atom. The van der Waals surface area contributed by atoms with Crippen molar-refractivity contribution in [3.63, 3.8) is 0 Å². The molecule has 0 aliphatic carbocycles. The van der Waals surface area contributed by atoms with Gasteiger partial charge in [-0.3, -0.25) is 9.32 Å². The lowest BCUT2D eigenvalue weighted by Gasteiger charge is -2.21. The second kappa shape index (κ2) is 8.86. The van der Waals surface area contributed by atoms with E-state index in [1.165, 1.54) is 35.6 Å². The number of rotatable bonds is 7. The monoisotopic (exact) mass is 444 g/mol. The van der Waals surface area contributed by atoms with Gasteiger partial charge in [0, 0.05) is 24.3 Å². The molecule has 9 nitrogen and oxygen atoms in total. The Hall–Kier alpha value is -3.24. The molecule has 3 rings (SSSR count). The van der Waals surface area contributed by atoms with Crippen LogP contribution in [0.3, 0.4) is 0 Å². The van der Waals surface area contributed by atoms with Gasteiger partial charge in [-0.05, 0) is 50.6 Å². The summed E-state index contributed by atoms with van der Waals surface area (Å²) >= 11 is 0. The summed E-state index contributed by atoms with van der Waals surface area (Å²) < 4.78 is 32.3. The highest BCUT2D eigenvalue weighted by molar-refractivity contribution is 7.89. The number of benzene rings is 2. The van der Waals surface area contributed by atoms with Gasteiger partial charge in [0.1, 0.15) is 6.54 Å². The van der Waals surface area contributed by atoms with Crippen molar-refractivity contribution >= 4 is 21.6 Å². The molecule has 0 spiro atoms. The first-order chi connectivity index (χ1) is 14.6. The molecule has 10 heteroatoms. The number of anilines is 1. The highest BCUT2D eigenvalue weighted by Gasteiger charge is 2.23. The molecule has 0 atom stereocenters. The molecule has 3 aromatic rings. The third-order valence-corrected chi connectivity index (χ3v) is 6.96. The zero-order valence-corrected chi connectivity index (χ0v) is 18.5. The van der Waals surface area contributed by atoms with Gasteiger partial charge in [0.25, 0.3) is 0 Å². The molecule has 31 heavy (non-hydrogen) atoms. The number of amides is 1. The predicted octanol–water partition coefficient (Wildman–Crippen LogP) is 2.48. The van der Waals surface area contributed by atoms with Crippen LogP contribution in [-0.2, 0) is 21.4 Å². The Morgan fingerprint density at radius 2 is 1.81 bits per heavy atom. The lowest BCUT2D eigenvalue weighted by molar-refractivity contribution is -0.116. The largest absolute Gasteiger partial charge is 0.442 e. The number of carbonyl (C=O) groups is 1. The Kier molecular flexibility index (Phi) is 6.42. The molecule has 0 saturated heterocycles. The third-order valence-electron chi connectivity index (χ3n) is 4.92. The van der Waals surface area contributed by atoms with Crippen LogP contribution in [0.15, 0.2) is 62.7 Å². The number of hydrogen-bond acceptors (Lipinski definition) is 6. The summed E-state index contributed by atoms with van der Waals surface area (Å²) in [7, 11) is -2.10. The molecule has 1 heterocycles. The van der Waals surface area contributed by atoms with Gasteiger partial charge in [-0.2, -0.15) is 4.31 Å². The lowest BCUT2D eigenvalue weighted by atomic mass is 10.1. The Labute approximate surface area is 180 Å². The van der Waals surface area contributed by atoms with Gasteiger partial charge in [0.05, 0.1) is 4.90 Å². The molecular weight excluding hydrogens is 420 g/mol. The second-order valence-electron chi connectivity index (χ2n) is 7.36. The molecule has 0 aliphatic rings. The maximum atomic E-state index is 12.5. The van der Waals surface area contributed by atoms with Gasteiger partial charge in [-0.15, -0.1) is 0 Å². The first-order valence-electron chi connectivity index (χ1n) is 9.61. The van der Waals surface area contributed by atoms with E-state index in [9.17, 15) is 18.0 Å². The Balaban J connectivity index is 1.77. The smallest absolute Gasteiger partial charge is 0.325 e. The van der Waals surface area contributed by atoms with Crippen LogP contribution in [0.4, 0.5) is 5.69 Å². The fourth-order valence-corrected chi connectivity index (χ4v) is 4.29. The summed E-state index contributed by atoms with van der Waals surface area (Å²) in [6.07, 6.45) is 0. The molecule has 2 aromatic carbocycles. The zero-order chi connectivity index (χ0) is 22.8. The molecule has 0 fully saturated rings. The van der Waals surface area contributed by atoms with Gasteiger partial charge >= 0.3 is 5.76 Å². The maximum Gasteiger partial charge on any atom is 0.442 e. The summed E-state index contributed by atoms with van der Waals surface area (Å²) in [5, 5.41) is 6.46.